The Bertz CT molecular complexity index is 566. The third kappa shape index (κ3) is 2.44. The monoisotopic (exact) mass is 293 g/mol. The molecule has 0 radical (unpaired) electrons. The highest BCUT2D eigenvalue weighted by Crippen LogP contribution is 2.42. The van der Waals surface area contributed by atoms with Gasteiger partial charge in [-0.1, -0.05) is 6.07 Å². The number of benzene rings is 1. The Morgan fingerprint density at radius 3 is 3.00 bits per heavy atom. The fourth-order valence-corrected chi connectivity index (χ4v) is 3.22. The summed E-state index contributed by atoms with van der Waals surface area (Å²) in [6.45, 7) is 1.38. The number of amides is 2. The van der Waals surface area contributed by atoms with E-state index in [0.29, 0.717) is 30.3 Å². The number of halogens is 1. The lowest BCUT2D eigenvalue weighted by Crippen LogP contribution is -2.55. The van der Waals surface area contributed by atoms with Gasteiger partial charge in [0.15, 0.2) is 0 Å². The predicted molar refractivity (Wildman–Crippen MR) is 76.4 cm³/mol. The maximum Gasteiger partial charge on any atom is 0.317 e. The first kappa shape index (κ1) is 14.1. The van der Waals surface area contributed by atoms with E-state index in [1.807, 2.05) is 0 Å². The fourth-order valence-electron chi connectivity index (χ4n) is 3.22. The number of likely N-dealkylation sites (tertiary alicyclic amines) is 1. The molecule has 3 N–H and O–H groups in total. The fraction of sp³-hybridized carbons (Fsp3) is 0.533. The molecule has 114 valence electrons. The van der Waals surface area contributed by atoms with Gasteiger partial charge in [-0.05, 0) is 30.9 Å². The predicted octanol–water partition coefficient (Wildman–Crippen LogP) is 1.47. The van der Waals surface area contributed by atoms with E-state index in [4.69, 9.17) is 10.5 Å². The molecule has 1 aromatic rings. The minimum absolute atomic E-state index is 0.105. The SMILES string of the molecule is COc1cccc(F)c1CNC(=O)N1C[C@@H]2CC[C@]2(N)C1. The molecule has 6 heteroatoms. The second-order valence-corrected chi connectivity index (χ2v) is 5.93. The van der Waals surface area contributed by atoms with Gasteiger partial charge in [0.1, 0.15) is 11.6 Å². The van der Waals surface area contributed by atoms with Crippen molar-refractivity contribution >= 4 is 6.03 Å². The number of methoxy groups -OCH3 is 1. The van der Waals surface area contributed by atoms with Crippen LogP contribution >= 0.6 is 0 Å². The maximum absolute atomic E-state index is 13.8. The van der Waals surface area contributed by atoms with Crippen molar-refractivity contribution in [3.63, 3.8) is 0 Å². The molecule has 0 spiro atoms. The van der Waals surface area contributed by atoms with Crippen LogP contribution in [0.2, 0.25) is 0 Å². The van der Waals surface area contributed by atoms with E-state index in [9.17, 15) is 9.18 Å². The second kappa shape index (κ2) is 5.18. The Morgan fingerprint density at radius 2 is 2.43 bits per heavy atom. The Balaban J connectivity index is 1.62. The van der Waals surface area contributed by atoms with Gasteiger partial charge in [-0.3, -0.25) is 0 Å². The zero-order valence-corrected chi connectivity index (χ0v) is 12.1. The molecule has 5 nitrogen and oxygen atoms in total. The molecule has 1 saturated heterocycles. The average molecular weight is 293 g/mol. The molecule has 21 heavy (non-hydrogen) atoms. The van der Waals surface area contributed by atoms with Crippen LogP contribution in [0.3, 0.4) is 0 Å². The Morgan fingerprint density at radius 1 is 1.62 bits per heavy atom. The molecule has 0 unspecified atom stereocenters. The summed E-state index contributed by atoms with van der Waals surface area (Å²) in [5.74, 6) is 0.463. The van der Waals surface area contributed by atoms with Crippen LogP contribution in [0.4, 0.5) is 9.18 Å². The van der Waals surface area contributed by atoms with E-state index in [-0.39, 0.29) is 23.9 Å². The Labute approximate surface area is 123 Å². The summed E-state index contributed by atoms with van der Waals surface area (Å²) >= 11 is 0. The summed E-state index contributed by atoms with van der Waals surface area (Å²) in [6.07, 6.45) is 2.06. The zero-order valence-electron chi connectivity index (χ0n) is 12.1. The first-order chi connectivity index (χ1) is 10.0. The van der Waals surface area contributed by atoms with Gasteiger partial charge >= 0.3 is 6.03 Å². The van der Waals surface area contributed by atoms with Crippen molar-refractivity contribution in [2.24, 2.45) is 11.7 Å². The summed E-state index contributed by atoms with van der Waals surface area (Å²) in [4.78, 5) is 13.9. The van der Waals surface area contributed by atoms with Crippen LogP contribution in [-0.4, -0.2) is 36.7 Å². The summed E-state index contributed by atoms with van der Waals surface area (Å²) in [5, 5.41) is 2.75. The van der Waals surface area contributed by atoms with Gasteiger partial charge in [-0.2, -0.15) is 0 Å². The molecule has 0 aromatic heterocycles. The molecule has 1 aliphatic carbocycles. The lowest BCUT2D eigenvalue weighted by Gasteiger charge is -2.39. The molecule has 2 amide bonds. The summed E-state index contributed by atoms with van der Waals surface area (Å²) < 4.78 is 18.9. The van der Waals surface area contributed by atoms with Crippen LogP contribution in [0.5, 0.6) is 5.75 Å². The third-order valence-corrected chi connectivity index (χ3v) is 4.70. The first-order valence-electron chi connectivity index (χ1n) is 7.16. The van der Waals surface area contributed by atoms with E-state index in [2.05, 4.69) is 5.32 Å². The topological polar surface area (TPSA) is 67.6 Å². The molecule has 1 aromatic carbocycles. The quantitative estimate of drug-likeness (QED) is 0.886. The number of rotatable bonds is 3. The highest BCUT2D eigenvalue weighted by atomic mass is 19.1. The average Bonchev–Trinajstić information content (AvgIpc) is 2.69. The highest BCUT2D eigenvalue weighted by molar-refractivity contribution is 5.75. The van der Waals surface area contributed by atoms with Gasteiger partial charge in [0.05, 0.1) is 13.7 Å². The number of nitrogens with one attached hydrogen (secondary N) is 1. The molecule has 2 fully saturated rings. The molecule has 3 rings (SSSR count). The number of fused-ring (bicyclic) bond motifs is 1. The number of carbonyl (C=O) groups is 1. The number of ether oxygens (including phenoxy) is 1. The van der Waals surface area contributed by atoms with Crippen molar-refractivity contribution in [3.05, 3.63) is 29.6 Å². The van der Waals surface area contributed by atoms with Gasteiger partial charge in [0.2, 0.25) is 0 Å². The lowest BCUT2D eigenvalue weighted by atomic mass is 9.70. The number of hydrogen-bond donors (Lipinski definition) is 2. The molecule has 1 saturated carbocycles. The zero-order chi connectivity index (χ0) is 15.0. The summed E-state index contributed by atoms with van der Waals surface area (Å²) in [5.41, 5.74) is 6.37. The second-order valence-electron chi connectivity index (χ2n) is 5.93. The van der Waals surface area contributed by atoms with Crippen LogP contribution in [0, 0.1) is 11.7 Å². The molecule has 1 aliphatic heterocycles. The number of hydrogen-bond acceptors (Lipinski definition) is 3. The van der Waals surface area contributed by atoms with E-state index in [1.54, 1.807) is 17.0 Å². The molecule has 0 bridgehead atoms. The minimum atomic E-state index is -0.383. The van der Waals surface area contributed by atoms with Crippen LogP contribution in [0.25, 0.3) is 0 Å². The van der Waals surface area contributed by atoms with Crippen LogP contribution < -0.4 is 15.8 Å². The molecular formula is C15H20FN3O2. The van der Waals surface area contributed by atoms with Crippen molar-refractivity contribution in [1.82, 2.24) is 10.2 Å². The maximum atomic E-state index is 13.8. The molecule has 2 atom stereocenters. The first-order valence-corrected chi connectivity index (χ1v) is 7.16. The van der Waals surface area contributed by atoms with Crippen molar-refractivity contribution in [2.45, 2.75) is 24.9 Å². The van der Waals surface area contributed by atoms with E-state index in [1.165, 1.54) is 13.2 Å². The Hall–Kier alpha value is -1.82. The largest absolute Gasteiger partial charge is 0.496 e. The summed E-state index contributed by atoms with van der Waals surface area (Å²) in [6, 6.07) is 4.42. The molecular weight excluding hydrogens is 273 g/mol. The van der Waals surface area contributed by atoms with E-state index >= 15 is 0 Å². The standard InChI is InChI=1S/C15H20FN3O2/c1-21-13-4-2-3-12(16)11(13)7-18-14(20)19-8-10-5-6-15(10,17)9-19/h2-4,10H,5-9,17H2,1H3,(H,18,20)/t10-,15-/m0/s1. The number of carbonyl (C=O) groups excluding carboxylic acids is 1. The third-order valence-electron chi connectivity index (χ3n) is 4.70. The van der Waals surface area contributed by atoms with E-state index in [0.717, 1.165) is 12.8 Å². The van der Waals surface area contributed by atoms with Gasteiger partial charge in [0, 0.05) is 24.2 Å². The van der Waals surface area contributed by atoms with Gasteiger partial charge in [-0.25, -0.2) is 9.18 Å². The number of nitrogens with two attached hydrogens (primary N) is 1. The van der Waals surface area contributed by atoms with Gasteiger partial charge in [0.25, 0.3) is 0 Å². The van der Waals surface area contributed by atoms with Crippen LogP contribution in [0.1, 0.15) is 18.4 Å². The van der Waals surface area contributed by atoms with Crippen molar-refractivity contribution in [2.75, 3.05) is 20.2 Å². The lowest BCUT2D eigenvalue weighted by molar-refractivity contribution is 0.187. The minimum Gasteiger partial charge on any atom is -0.496 e. The summed E-state index contributed by atoms with van der Waals surface area (Å²) in [7, 11) is 1.48. The number of urea groups is 1. The smallest absolute Gasteiger partial charge is 0.317 e. The molecule has 2 aliphatic rings. The van der Waals surface area contributed by atoms with Crippen LogP contribution in [0.15, 0.2) is 18.2 Å². The normalized spacial score (nSPS) is 27.0. The van der Waals surface area contributed by atoms with Crippen LogP contribution in [-0.2, 0) is 6.54 Å². The molecule has 1 heterocycles. The van der Waals surface area contributed by atoms with Crippen molar-refractivity contribution in [1.29, 1.82) is 0 Å². The van der Waals surface area contributed by atoms with E-state index < -0.39 is 0 Å². The van der Waals surface area contributed by atoms with Crippen molar-refractivity contribution < 1.29 is 13.9 Å². The van der Waals surface area contributed by atoms with Gasteiger partial charge < -0.3 is 20.7 Å². The van der Waals surface area contributed by atoms with Gasteiger partial charge in [-0.15, -0.1) is 0 Å². The van der Waals surface area contributed by atoms with Crippen molar-refractivity contribution in [3.8, 4) is 5.75 Å². The number of nitrogens with zero attached hydrogens (tertiary/aromatic N) is 1. The Kier molecular flexibility index (Phi) is 3.49. The highest BCUT2D eigenvalue weighted by Gasteiger charge is 2.51.